The second-order valence-corrected chi connectivity index (χ2v) is 5.60. The summed E-state index contributed by atoms with van der Waals surface area (Å²) in [5, 5.41) is 2.52. The molecule has 124 valence electrons. The number of benzene rings is 1. The second-order valence-electron chi connectivity index (χ2n) is 5.16. The summed E-state index contributed by atoms with van der Waals surface area (Å²) in [4.78, 5) is 36.5. The fraction of sp³-hybridized carbons (Fsp3) is 0.400. The maximum absolute atomic E-state index is 13.6. The van der Waals surface area contributed by atoms with Gasteiger partial charge in [0.15, 0.2) is 6.10 Å². The first kappa shape index (κ1) is 17.2. The molecule has 1 aromatic rings. The van der Waals surface area contributed by atoms with Crippen LogP contribution in [-0.4, -0.2) is 41.9 Å². The van der Waals surface area contributed by atoms with Crippen LogP contribution < -0.4 is 5.32 Å². The van der Waals surface area contributed by atoms with Crippen LogP contribution in [0.15, 0.2) is 18.2 Å². The van der Waals surface area contributed by atoms with Crippen LogP contribution in [0.4, 0.5) is 10.1 Å². The van der Waals surface area contributed by atoms with Crippen molar-refractivity contribution in [1.29, 1.82) is 0 Å². The summed E-state index contributed by atoms with van der Waals surface area (Å²) >= 11 is 5.62. The molecule has 1 fully saturated rings. The number of ether oxygens (including phenoxy) is 1. The topological polar surface area (TPSA) is 75.7 Å². The standard InChI is InChI=1S/C15H16ClFN2O4/c1-9(23-14(21)8-19-6-2-3-13(19)20)15(22)18-12-5-4-10(16)7-11(12)17/h4-5,7,9H,2-3,6,8H2,1H3,(H,18,22)/t9-/m0/s1. The monoisotopic (exact) mass is 342 g/mol. The van der Waals surface area contributed by atoms with Gasteiger partial charge in [0.1, 0.15) is 12.4 Å². The third kappa shape index (κ3) is 4.66. The zero-order valence-corrected chi connectivity index (χ0v) is 13.2. The van der Waals surface area contributed by atoms with E-state index < -0.39 is 23.8 Å². The fourth-order valence-electron chi connectivity index (χ4n) is 2.14. The Labute approximate surface area is 137 Å². The number of nitrogens with one attached hydrogen (secondary N) is 1. The molecule has 0 radical (unpaired) electrons. The molecule has 0 unspecified atom stereocenters. The van der Waals surface area contributed by atoms with E-state index in [1.54, 1.807) is 0 Å². The highest BCUT2D eigenvalue weighted by atomic mass is 35.5. The lowest BCUT2D eigenvalue weighted by Gasteiger charge is -2.17. The molecule has 2 amide bonds. The number of halogens is 2. The molecule has 2 rings (SSSR count). The van der Waals surface area contributed by atoms with Crippen molar-refractivity contribution in [3.63, 3.8) is 0 Å². The van der Waals surface area contributed by atoms with Crippen molar-refractivity contribution in [2.45, 2.75) is 25.9 Å². The number of carbonyl (C=O) groups is 3. The van der Waals surface area contributed by atoms with E-state index in [1.807, 2.05) is 0 Å². The number of nitrogens with zero attached hydrogens (tertiary/aromatic N) is 1. The minimum absolute atomic E-state index is 0.0583. The van der Waals surface area contributed by atoms with Gasteiger partial charge in [-0.05, 0) is 31.5 Å². The van der Waals surface area contributed by atoms with Gasteiger partial charge >= 0.3 is 5.97 Å². The molecule has 0 spiro atoms. The van der Waals surface area contributed by atoms with Crippen molar-refractivity contribution in [1.82, 2.24) is 4.90 Å². The van der Waals surface area contributed by atoms with Gasteiger partial charge in [-0.2, -0.15) is 0 Å². The van der Waals surface area contributed by atoms with Gasteiger partial charge in [-0.25, -0.2) is 4.39 Å². The fourth-order valence-corrected chi connectivity index (χ4v) is 2.30. The molecule has 1 aliphatic heterocycles. The lowest BCUT2D eigenvalue weighted by Crippen LogP contribution is -2.36. The molecule has 23 heavy (non-hydrogen) atoms. The van der Waals surface area contributed by atoms with E-state index in [2.05, 4.69) is 5.32 Å². The van der Waals surface area contributed by atoms with Gasteiger partial charge < -0.3 is 15.0 Å². The van der Waals surface area contributed by atoms with Crippen LogP contribution in [0.5, 0.6) is 0 Å². The third-order valence-electron chi connectivity index (χ3n) is 3.36. The smallest absolute Gasteiger partial charge is 0.326 e. The molecule has 6 nitrogen and oxygen atoms in total. The molecule has 1 N–H and O–H groups in total. The highest BCUT2D eigenvalue weighted by Crippen LogP contribution is 2.19. The van der Waals surface area contributed by atoms with Crippen LogP contribution in [0.1, 0.15) is 19.8 Å². The number of amides is 2. The Morgan fingerprint density at radius 2 is 2.22 bits per heavy atom. The molecule has 0 bridgehead atoms. The number of likely N-dealkylation sites (tertiary alicyclic amines) is 1. The third-order valence-corrected chi connectivity index (χ3v) is 3.59. The van der Waals surface area contributed by atoms with Crippen molar-refractivity contribution >= 4 is 35.1 Å². The summed E-state index contributed by atoms with van der Waals surface area (Å²) in [6.45, 7) is 1.68. The lowest BCUT2D eigenvalue weighted by atomic mass is 10.3. The van der Waals surface area contributed by atoms with Crippen molar-refractivity contribution < 1.29 is 23.5 Å². The molecule has 1 heterocycles. The van der Waals surface area contributed by atoms with E-state index in [1.165, 1.54) is 24.0 Å². The molecule has 0 aromatic heterocycles. The van der Waals surface area contributed by atoms with Gasteiger partial charge in [-0.1, -0.05) is 11.6 Å². The van der Waals surface area contributed by atoms with E-state index in [0.717, 1.165) is 6.07 Å². The van der Waals surface area contributed by atoms with Crippen molar-refractivity contribution in [3.05, 3.63) is 29.0 Å². The van der Waals surface area contributed by atoms with Crippen LogP contribution in [0.25, 0.3) is 0 Å². The number of anilines is 1. The van der Waals surface area contributed by atoms with Crippen molar-refractivity contribution in [3.8, 4) is 0 Å². The summed E-state index contributed by atoms with van der Waals surface area (Å²) in [6, 6.07) is 3.80. The van der Waals surface area contributed by atoms with E-state index in [0.29, 0.717) is 19.4 Å². The summed E-state index contributed by atoms with van der Waals surface area (Å²) in [5.41, 5.74) is -0.0583. The second kappa shape index (κ2) is 7.41. The molecular weight excluding hydrogens is 327 g/mol. The highest BCUT2D eigenvalue weighted by Gasteiger charge is 2.25. The number of rotatable bonds is 5. The van der Waals surface area contributed by atoms with Gasteiger partial charge in [-0.15, -0.1) is 0 Å². The highest BCUT2D eigenvalue weighted by molar-refractivity contribution is 6.30. The molecule has 1 aromatic carbocycles. The van der Waals surface area contributed by atoms with Crippen LogP contribution in [0.2, 0.25) is 5.02 Å². The largest absolute Gasteiger partial charge is 0.451 e. The summed E-state index contributed by atoms with van der Waals surface area (Å²) < 4.78 is 18.6. The Morgan fingerprint density at radius 1 is 1.48 bits per heavy atom. The van der Waals surface area contributed by atoms with Crippen LogP contribution >= 0.6 is 11.6 Å². The summed E-state index contributed by atoms with van der Waals surface area (Å²) in [7, 11) is 0. The molecule has 1 saturated heterocycles. The molecule has 1 atom stereocenters. The van der Waals surface area contributed by atoms with Gasteiger partial charge in [0, 0.05) is 18.0 Å². The first-order valence-electron chi connectivity index (χ1n) is 7.10. The average Bonchev–Trinajstić information content (AvgIpc) is 2.87. The predicted octanol–water partition coefficient (Wildman–Crippen LogP) is 1.97. The quantitative estimate of drug-likeness (QED) is 0.830. The SMILES string of the molecule is C[C@H](OC(=O)CN1CCCC1=O)C(=O)Nc1ccc(Cl)cc1F. The van der Waals surface area contributed by atoms with Gasteiger partial charge in [-0.3, -0.25) is 14.4 Å². The Hall–Kier alpha value is -2.15. The Morgan fingerprint density at radius 3 is 2.83 bits per heavy atom. The summed E-state index contributed by atoms with van der Waals surface area (Å²) in [5.74, 6) is -2.15. The zero-order chi connectivity index (χ0) is 17.0. The normalized spacial score (nSPS) is 15.4. The minimum Gasteiger partial charge on any atom is -0.451 e. The molecule has 8 heteroatoms. The Bertz CT molecular complexity index is 638. The van der Waals surface area contributed by atoms with Gasteiger partial charge in [0.2, 0.25) is 5.91 Å². The maximum atomic E-state index is 13.6. The first-order chi connectivity index (χ1) is 10.9. The van der Waals surface area contributed by atoms with Crippen LogP contribution in [0.3, 0.4) is 0 Å². The van der Waals surface area contributed by atoms with E-state index in [9.17, 15) is 18.8 Å². The molecule has 0 saturated carbocycles. The molecule has 1 aliphatic rings. The molecule has 0 aliphatic carbocycles. The van der Waals surface area contributed by atoms with Crippen LogP contribution in [-0.2, 0) is 19.1 Å². The van der Waals surface area contributed by atoms with E-state index in [-0.39, 0.29) is 23.2 Å². The van der Waals surface area contributed by atoms with Crippen LogP contribution in [0, 0.1) is 5.82 Å². The first-order valence-corrected chi connectivity index (χ1v) is 7.48. The van der Waals surface area contributed by atoms with Crippen molar-refractivity contribution in [2.75, 3.05) is 18.4 Å². The summed E-state index contributed by atoms with van der Waals surface area (Å²) in [6.07, 6.45) is 0.00670. The number of hydrogen-bond acceptors (Lipinski definition) is 4. The van der Waals surface area contributed by atoms with Gasteiger partial charge in [0.05, 0.1) is 5.69 Å². The average molecular weight is 343 g/mol. The number of hydrogen-bond donors (Lipinski definition) is 1. The van der Waals surface area contributed by atoms with Crippen molar-refractivity contribution in [2.24, 2.45) is 0 Å². The minimum atomic E-state index is -1.12. The lowest BCUT2D eigenvalue weighted by molar-refractivity contribution is -0.155. The van der Waals surface area contributed by atoms with E-state index >= 15 is 0 Å². The number of carbonyl (C=O) groups excluding carboxylic acids is 3. The van der Waals surface area contributed by atoms with Gasteiger partial charge in [0.25, 0.3) is 5.91 Å². The Balaban J connectivity index is 1.86. The predicted molar refractivity (Wildman–Crippen MR) is 81.4 cm³/mol. The number of esters is 1. The van der Waals surface area contributed by atoms with E-state index in [4.69, 9.17) is 16.3 Å². The zero-order valence-electron chi connectivity index (χ0n) is 12.5. The maximum Gasteiger partial charge on any atom is 0.326 e. The molecular formula is C15H16ClFN2O4. The Kier molecular flexibility index (Phi) is 5.54.